The van der Waals surface area contributed by atoms with Crippen LogP contribution in [0.4, 0.5) is 0 Å². The van der Waals surface area contributed by atoms with Gasteiger partial charge in [0.2, 0.25) is 0 Å². The molecule has 90 valence electrons. The van der Waals surface area contributed by atoms with Crippen molar-refractivity contribution < 1.29 is 4.74 Å². The third kappa shape index (κ3) is 1.57. The zero-order valence-electron chi connectivity index (χ0n) is 11.0. The van der Waals surface area contributed by atoms with Gasteiger partial charge < -0.3 is 4.74 Å². The van der Waals surface area contributed by atoms with Crippen molar-refractivity contribution >= 4 is 0 Å². The van der Waals surface area contributed by atoms with E-state index in [1.165, 1.54) is 12.0 Å². The molecule has 2 aliphatic rings. The first-order valence-corrected chi connectivity index (χ1v) is 6.44. The molecule has 0 N–H and O–H groups in total. The van der Waals surface area contributed by atoms with Gasteiger partial charge in [-0.25, -0.2) is 0 Å². The molecule has 1 spiro atoms. The number of hydrogen-bond donors (Lipinski definition) is 0. The van der Waals surface area contributed by atoms with Crippen LogP contribution in [0.1, 0.15) is 47.0 Å². The molecule has 0 amide bonds. The van der Waals surface area contributed by atoms with Crippen molar-refractivity contribution in [3.63, 3.8) is 0 Å². The zero-order valence-corrected chi connectivity index (χ0v) is 11.0. The molecule has 1 aliphatic carbocycles. The van der Waals surface area contributed by atoms with Gasteiger partial charge in [0.25, 0.3) is 0 Å². The Morgan fingerprint density at radius 2 is 2.12 bits per heavy atom. The lowest BCUT2D eigenvalue weighted by Gasteiger charge is -2.44. The Hall–Kier alpha value is -0.560. The summed E-state index contributed by atoms with van der Waals surface area (Å²) < 4.78 is 6.44. The highest BCUT2D eigenvalue weighted by molar-refractivity contribution is 5.25. The van der Waals surface area contributed by atoms with E-state index in [9.17, 15) is 0 Å². The molecule has 0 bridgehead atoms. The lowest BCUT2D eigenvalue weighted by Crippen LogP contribution is -2.44. The molecule has 0 unspecified atom stereocenters. The van der Waals surface area contributed by atoms with Gasteiger partial charge in [-0.15, -0.1) is 6.58 Å². The number of hydrogen-bond acceptors (Lipinski definition) is 1. The molecule has 1 heteroatoms. The first kappa shape index (κ1) is 11.9. The second-order valence-electron chi connectivity index (χ2n) is 5.90. The van der Waals surface area contributed by atoms with Crippen LogP contribution in [0.3, 0.4) is 0 Å². The van der Waals surface area contributed by atoms with Crippen molar-refractivity contribution in [1.82, 2.24) is 0 Å². The summed E-state index contributed by atoms with van der Waals surface area (Å²) >= 11 is 0. The summed E-state index contributed by atoms with van der Waals surface area (Å²) in [6.07, 6.45) is 7.78. The summed E-state index contributed by atoms with van der Waals surface area (Å²) in [5.41, 5.74) is 1.30. The summed E-state index contributed by atoms with van der Waals surface area (Å²) in [6.45, 7) is 13.0. The van der Waals surface area contributed by atoms with Crippen LogP contribution in [0.25, 0.3) is 0 Å². The Labute approximate surface area is 99.6 Å². The SMILES string of the molecule is C=C[C@]1(C)CC[C@]2(O1)C(C)=CC[C@@H](C)[C@H]2C. The van der Waals surface area contributed by atoms with Gasteiger partial charge in [0.05, 0.1) is 11.2 Å². The van der Waals surface area contributed by atoms with E-state index in [4.69, 9.17) is 4.74 Å². The minimum Gasteiger partial charge on any atom is -0.360 e. The Bertz CT molecular complexity index is 330. The average Bonchev–Trinajstić information content (AvgIpc) is 2.63. The molecule has 16 heavy (non-hydrogen) atoms. The van der Waals surface area contributed by atoms with Crippen LogP contribution in [0.15, 0.2) is 24.3 Å². The minimum atomic E-state index is -0.125. The van der Waals surface area contributed by atoms with Gasteiger partial charge in [0, 0.05) is 0 Å². The highest BCUT2D eigenvalue weighted by Gasteiger charge is 2.51. The molecule has 1 saturated heterocycles. The molecule has 1 fully saturated rings. The summed E-state index contributed by atoms with van der Waals surface area (Å²) in [6, 6.07) is 0. The van der Waals surface area contributed by atoms with E-state index >= 15 is 0 Å². The Kier molecular flexibility index (Phi) is 2.78. The van der Waals surface area contributed by atoms with E-state index in [-0.39, 0.29) is 11.2 Å². The fourth-order valence-electron chi connectivity index (χ4n) is 3.25. The predicted octanol–water partition coefficient (Wildman–Crippen LogP) is 4.10. The predicted molar refractivity (Wildman–Crippen MR) is 68.4 cm³/mol. The van der Waals surface area contributed by atoms with Gasteiger partial charge in [-0.1, -0.05) is 26.0 Å². The van der Waals surface area contributed by atoms with E-state index < -0.39 is 0 Å². The van der Waals surface area contributed by atoms with E-state index in [0.29, 0.717) is 5.92 Å². The second kappa shape index (κ2) is 3.73. The molecule has 4 atom stereocenters. The van der Waals surface area contributed by atoms with E-state index in [1.807, 2.05) is 6.08 Å². The summed E-state index contributed by atoms with van der Waals surface area (Å²) in [4.78, 5) is 0. The van der Waals surface area contributed by atoms with Gasteiger partial charge >= 0.3 is 0 Å². The van der Waals surface area contributed by atoms with Gasteiger partial charge in [-0.3, -0.25) is 0 Å². The van der Waals surface area contributed by atoms with Crippen LogP contribution in [0.5, 0.6) is 0 Å². The van der Waals surface area contributed by atoms with Crippen LogP contribution < -0.4 is 0 Å². The largest absolute Gasteiger partial charge is 0.360 e. The molecule has 0 radical (unpaired) electrons. The van der Waals surface area contributed by atoms with Crippen molar-refractivity contribution in [2.45, 2.75) is 58.2 Å². The molecule has 1 aliphatic heterocycles. The molecular formula is C15H24O. The maximum atomic E-state index is 6.44. The molecular weight excluding hydrogens is 196 g/mol. The second-order valence-corrected chi connectivity index (χ2v) is 5.90. The Balaban J connectivity index is 2.34. The van der Waals surface area contributed by atoms with Crippen molar-refractivity contribution in [2.24, 2.45) is 11.8 Å². The van der Waals surface area contributed by atoms with Crippen LogP contribution in [0.2, 0.25) is 0 Å². The summed E-state index contributed by atoms with van der Waals surface area (Å²) in [5, 5.41) is 0. The molecule has 1 nitrogen and oxygen atoms in total. The molecule has 2 rings (SSSR count). The van der Waals surface area contributed by atoms with Crippen LogP contribution in [-0.2, 0) is 4.74 Å². The number of allylic oxidation sites excluding steroid dienone is 1. The highest BCUT2D eigenvalue weighted by atomic mass is 16.5. The van der Waals surface area contributed by atoms with Crippen LogP contribution >= 0.6 is 0 Å². The van der Waals surface area contributed by atoms with Gasteiger partial charge in [0.1, 0.15) is 0 Å². The Morgan fingerprint density at radius 3 is 2.69 bits per heavy atom. The van der Waals surface area contributed by atoms with Crippen molar-refractivity contribution in [2.75, 3.05) is 0 Å². The zero-order chi connectivity index (χ0) is 12.0. The van der Waals surface area contributed by atoms with Gasteiger partial charge in [0.15, 0.2) is 0 Å². The standard InChI is InChI=1S/C15H24O/c1-6-14(5)9-10-15(16-14)12(3)8-7-11(2)13(15)4/h6,8,11,13H,1,7,9-10H2,2-5H3/t11-,13-,14-,15+/m1/s1. The first-order valence-electron chi connectivity index (χ1n) is 6.44. The van der Waals surface area contributed by atoms with Crippen molar-refractivity contribution in [3.05, 3.63) is 24.3 Å². The lowest BCUT2D eigenvalue weighted by molar-refractivity contribution is -0.0924. The summed E-state index contributed by atoms with van der Waals surface area (Å²) in [5.74, 6) is 1.33. The van der Waals surface area contributed by atoms with Gasteiger partial charge in [-0.05, 0) is 50.5 Å². The van der Waals surface area contributed by atoms with E-state index in [1.54, 1.807) is 0 Å². The van der Waals surface area contributed by atoms with Crippen LogP contribution in [-0.4, -0.2) is 11.2 Å². The minimum absolute atomic E-state index is 0.0133. The fraction of sp³-hybridized carbons (Fsp3) is 0.733. The number of ether oxygens (including phenoxy) is 1. The quantitative estimate of drug-likeness (QED) is 0.604. The smallest absolute Gasteiger partial charge is 0.0929 e. The first-order chi connectivity index (χ1) is 7.43. The molecule has 0 aromatic carbocycles. The number of rotatable bonds is 1. The van der Waals surface area contributed by atoms with Gasteiger partial charge in [-0.2, -0.15) is 0 Å². The monoisotopic (exact) mass is 220 g/mol. The van der Waals surface area contributed by atoms with E-state index in [0.717, 1.165) is 18.8 Å². The molecule has 0 aromatic heterocycles. The maximum absolute atomic E-state index is 6.44. The van der Waals surface area contributed by atoms with Crippen molar-refractivity contribution in [3.8, 4) is 0 Å². The van der Waals surface area contributed by atoms with Crippen molar-refractivity contribution in [1.29, 1.82) is 0 Å². The third-order valence-corrected chi connectivity index (χ3v) is 4.89. The maximum Gasteiger partial charge on any atom is 0.0929 e. The van der Waals surface area contributed by atoms with Crippen LogP contribution in [0, 0.1) is 11.8 Å². The molecule has 0 aromatic rings. The molecule has 1 heterocycles. The third-order valence-electron chi connectivity index (χ3n) is 4.89. The van der Waals surface area contributed by atoms with E-state index in [2.05, 4.69) is 40.3 Å². The summed E-state index contributed by atoms with van der Waals surface area (Å²) in [7, 11) is 0. The molecule has 0 saturated carbocycles. The Morgan fingerprint density at radius 1 is 1.44 bits per heavy atom. The topological polar surface area (TPSA) is 9.23 Å². The lowest BCUT2D eigenvalue weighted by atomic mass is 9.69. The fourth-order valence-corrected chi connectivity index (χ4v) is 3.25. The average molecular weight is 220 g/mol. The highest BCUT2D eigenvalue weighted by Crippen LogP contribution is 2.51. The normalized spacial score (nSPS) is 48.1.